The molecule has 1 atom stereocenters. The first-order valence-electron chi connectivity index (χ1n) is 9.91. The lowest BCUT2D eigenvalue weighted by Gasteiger charge is -2.31. The van der Waals surface area contributed by atoms with Gasteiger partial charge in [-0.1, -0.05) is 24.3 Å². The van der Waals surface area contributed by atoms with Gasteiger partial charge in [-0.25, -0.2) is 13.8 Å². The van der Waals surface area contributed by atoms with E-state index < -0.39 is 17.5 Å². The fourth-order valence-corrected chi connectivity index (χ4v) is 3.62. The lowest BCUT2D eigenvalue weighted by molar-refractivity contribution is 0.100. The van der Waals surface area contributed by atoms with Crippen LogP contribution in [-0.2, 0) is 0 Å². The number of piperidine rings is 1. The van der Waals surface area contributed by atoms with Crippen molar-refractivity contribution in [1.29, 1.82) is 0 Å². The summed E-state index contributed by atoms with van der Waals surface area (Å²) in [6, 6.07) is 10.8. The second-order valence-electron chi connectivity index (χ2n) is 7.45. The molecule has 0 aliphatic carbocycles. The fraction of sp³-hybridized carbons (Fsp3) is 0.227. The van der Waals surface area contributed by atoms with Gasteiger partial charge in [0.2, 0.25) is 5.95 Å². The first-order chi connectivity index (χ1) is 14.9. The van der Waals surface area contributed by atoms with E-state index in [-0.39, 0.29) is 23.0 Å². The maximum absolute atomic E-state index is 14.2. The van der Waals surface area contributed by atoms with E-state index in [9.17, 15) is 13.6 Å². The van der Waals surface area contributed by atoms with E-state index in [1.807, 2.05) is 4.90 Å². The molecular weight excluding hydrogens is 402 g/mol. The number of nitrogens with zero attached hydrogens (tertiary/aromatic N) is 3. The zero-order valence-corrected chi connectivity index (χ0v) is 16.7. The van der Waals surface area contributed by atoms with Crippen LogP contribution in [0.5, 0.6) is 0 Å². The average Bonchev–Trinajstić information content (AvgIpc) is 2.75. The Labute approximate surface area is 178 Å². The van der Waals surface area contributed by atoms with Crippen LogP contribution in [0.4, 0.5) is 26.2 Å². The Bertz CT molecular complexity index is 1120. The third kappa shape index (κ3) is 4.46. The monoisotopic (exact) mass is 424 g/mol. The van der Waals surface area contributed by atoms with Crippen LogP contribution in [0.15, 0.2) is 48.7 Å². The SMILES string of the molecule is NC(=O)c1cnc(N2CCC[C@H](N)C2)nc1Nc1cccc(-c2cccc(F)c2F)c1. The Balaban J connectivity index is 1.67. The molecule has 7 nitrogen and oxygen atoms in total. The van der Waals surface area contributed by atoms with Gasteiger partial charge in [0.25, 0.3) is 5.91 Å². The summed E-state index contributed by atoms with van der Waals surface area (Å²) in [6.45, 7) is 1.38. The van der Waals surface area contributed by atoms with Gasteiger partial charge >= 0.3 is 0 Å². The molecule has 4 rings (SSSR count). The van der Waals surface area contributed by atoms with Gasteiger partial charge in [0.15, 0.2) is 11.6 Å². The molecule has 0 saturated carbocycles. The molecule has 1 aromatic heterocycles. The van der Waals surface area contributed by atoms with Crippen molar-refractivity contribution in [1.82, 2.24) is 9.97 Å². The molecule has 1 fully saturated rings. The highest BCUT2D eigenvalue weighted by Crippen LogP contribution is 2.29. The van der Waals surface area contributed by atoms with E-state index >= 15 is 0 Å². The highest BCUT2D eigenvalue weighted by Gasteiger charge is 2.21. The van der Waals surface area contributed by atoms with E-state index in [0.717, 1.165) is 25.5 Å². The summed E-state index contributed by atoms with van der Waals surface area (Å²) in [4.78, 5) is 22.6. The molecule has 1 saturated heterocycles. The number of nitrogens with one attached hydrogen (secondary N) is 1. The quantitative estimate of drug-likeness (QED) is 0.580. The Hall–Kier alpha value is -3.59. The molecule has 0 unspecified atom stereocenters. The summed E-state index contributed by atoms with van der Waals surface area (Å²) in [5.74, 6) is -1.87. The molecule has 1 aliphatic heterocycles. The standard InChI is InChI=1S/C22H22F2N6O/c23-18-8-2-7-16(19(18)24)13-4-1-6-15(10-13)28-21-17(20(26)31)11-27-22(29-21)30-9-3-5-14(25)12-30/h1-2,4,6-8,10-11,14H,3,5,9,12,25H2,(H2,26,31)(H,27,28,29)/t14-/m0/s1. The van der Waals surface area contributed by atoms with Crippen LogP contribution in [0.25, 0.3) is 11.1 Å². The second-order valence-corrected chi connectivity index (χ2v) is 7.45. The maximum atomic E-state index is 14.2. The minimum Gasteiger partial charge on any atom is -0.365 e. The molecule has 0 radical (unpaired) electrons. The highest BCUT2D eigenvalue weighted by molar-refractivity contribution is 5.98. The van der Waals surface area contributed by atoms with Crippen molar-refractivity contribution in [3.05, 3.63) is 65.9 Å². The topological polar surface area (TPSA) is 110 Å². The normalized spacial score (nSPS) is 16.2. The minimum absolute atomic E-state index is 0.0300. The predicted molar refractivity (Wildman–Crippen MR) is 115 cm³/mol. The molecule has 1 amide bonds. The van der Waals surface area contributed by atoms with Crippen molar-refractivity contribution >= 4 is 23.4 Å². The molecule has 3 aromatic rings. The Morgan fingerprint density at radius 1 is 1.19 bits per heavy atom. The number of nitrogens with two attached hydrogens (primary N) is 2. The summed E-state index contributed by atoms with van der Waals surface area (Å²) in [5.41, 5.74) is 12.8. The van der Waals surface area contributed by atoms with Gasteiger partial charge in [-0.05, 0) is 36.6 Å². The number of carbonyl (C=O) groups excluding carboxylic acids is 1. The molecule has 0 bridgehead atoms. The van der Waals surface area contributed by atoms with E-state index in [1.54, 1.807) is 24.3 Å². The van der Waals surface area contributed by atoms with Crippen molar-refractivity contribution in [2.24, 2.45) is 11.5 Å². The lowest BCUT2D eigenvalue weighted by Crippen LogP contribution is -2.43. The first-order valence-corrected chi connectivity index (χ1v) is 9.91. The highest BCUT2D eigenvalue weighted by atomic mass is 19.2. The van der Waals surface area contributed by atoms with Crippen LogP contribution in [0.2, 0.25) is 0 Å². The summed E-state index contributed by atoms with van der Waals surface area (Å²) < 4.78 is 27.8. The lowest BCUT2D eigenvalue weighted by atomic mass is 10.0. The summed E-state index contributed by atoms with van der Waals surface area (Å²) >= 11 is 0. The maximum Gasteiger partial charge on any atom is 0.254 e. The molecule has 1 aliphatic rings. The third-order valence-electron chi connectivity index (χ3n) is 5.17. The van der Waals surface area contributed by atoms with Crippen LogP contribution >= 0.6 is 0 Å². The van der Waals surface area contributed by atoms with Crippen LogP contribution in [0, 0.1) is 11.6 Å². The van der Waals surface area contributed by atoms with Gasteiger partial charge in [-0.3, -0.25) is 4.79 Å². The van der Waals surface area contributed by atoms with E-state index in [4.69, 9.17) is 11.5 Å². The van der Waals surface area contributed by atoms with Gasteiger partial charge < -0.3 is 21.7 Å². The largest absolute Gasteiger partial charge is 0.365 e. The van der Waals surface area contributed by atoms with Gasteiger partial charge in [0.05, 0.1) is 0 Å². The average molecular weight is 424 g/mol. The van der Waals surface area contributed by atoms with Crippen LogP contribution in [0.1, 0.15) is 23.2 Å². The number of primary amides is 1. The molecule has 2 aromatic carbocycles. The number of benzene rings is 2. The molecule has 2 heterocycles. The van der Waals surface area contributed by atoms with Crippen molar-refractivity contribution in [2.75, 3.05) is 23.3 Å². The molecular formula is C22H22F2N6O. The zero-order valence-electron chi connectivity index (χ0n) is 16.7. The number of hydrogen-bond acceptors (Lipinski definition) is 6. The fourth-order valence-electron chi connectivity index (χ4n) is 3.62. The van der Waals surface area contributed by atoms with Crippen molar-refractivity contribution < 1.29 is 13.6 Å². The summed E-state index contributed by atoms with van der Waals surface area (Å²) in [7, 11) is 0. The number of halogens is 2. The Morgan fingerprint density at radius 2 is 2.00 bits per heavy atom. The van der Waals surface area contributed by atoms with E-state index in [0.29, 0.717) is 23.7 Å². The van der Waals surface area contributed by atoms with Gasteiger partial charge in [-0.15, -0.1) is 0 Å². The van der Waals surface area contributed by atoms with Crippen LogP contribution < -0.4 is 21.7 Å². The van der Waals surface area contributed by atoms with E-state index in [1.165, 1.54) is 18.3 Å². The molecule has 9 heteroatoms. The van der Waals surface area contributed by atoms with Crippen molar-refractivity contribution in [3.63, 3.8) is 0 Å². The van der Waals surface area contributed by atoms with Gasteiger partial charge in [0, 0.05) is 36.6 Å². The molecule has 5 N–H and O–H groups in total. The zero-order chi connectivity index (χ0) is 22.0. The Kier molecular flexibility index (Phi) is 5.77. The number of rotatable bonds is 5. The van der Waals surface area contributed by atoms with Crippen molar-refractivity contribution in [3.8, 4) is 11.1 Å². The molecule has 0 spiro atoms. The smallest absolute Gasteiger partial charge is 0.254 e. The molecule has 31 heavy (non-hydrogen) atoms. The number of carbonyl (C=O) groups is 1. The number of anilines is 3. The number of aromatic nitrogens is 2. The molecule has 160 valence electrons. The second kappa shape index (κ2) is 8.65. The number of hydrogen-bond donors (Lipinski definition) is 3. The first kappa shape index (κ1) is 20.7. The number of amides is 1. The van der Waals surface area contributed by atoms with Crippen molar-refractivity contribution in [2.45, 2.75) is 18.9 Å². The van der Waals surface area contributed by atoms with Crippen LogP contribution in [0.3, 0.4) is 0 Å². The van der Waals surface area contributed by atoms with Gasteiger partial charge in [0.1, 0.15) is 11.4 Å². The van der Waals surface area contributed by atoms with Gasteiger partial charge in [-0.2, -0.15) is 4.98 Å². The third-order valence-corrected chi connectivity index (χ3v) is 5.17. The summed E-state index contributed by atoms with van der Waals surface area (Å²) in [5, 5.41) is 3.06. The Morgan fingerprint density at radius 3 is 2.77 bits per heavy atom. The van der Waals surface area contributed by atoms with Crippen LogP contribution in [-0.4, -0.2) is 35.0 Å². The van der Waals surface area contributed by atoms with E-state index in [2.05, 4.69) is 15.3 Å². The summed E-state index contributed by atoms with van der Waals surface area (Å²) in [6.07, 6.45) is 3.24. The minimum atomic E-state index is -0.928. The predicted octanol–water partition coefficient (Wildman–Crippen LogP) is 3.19.